The second kappa shape index (κ2) is 3.16. The molecule has 4 rings (SSSR count). The lowest BCUT2D eigenvalue weighted by Crippen LogP contribution is -2.22. The Bertz CT molecular complexity index is 715. The van der Waals surface area contributed by atoms with E-state index in [1.807, 2.05) is 30.3 Å². The SMILES string of the molecule is Cc1ccccc1C12CC1(C)c1ccccc1C2=O. The summed E-state index contributed by atoms with van der Waals surface area (Å²) in [5.41, 5.74) is 4.34. The van der Waals surface area contributed by atoms with Gasteiger partial charge < -0.3 is 0 Å². The fourth-order valence-corrected chi connectivity index (χ4v) is 4.10. The van der Waals surface area contributed by atoms with Crippen LogP contribution in [0.25, 0.3) is 0 Å². The van der Waals surface area contributed by atoms with Crippen molar-refractivity contribution in [3.8, 4) is 0 Å². The summed E-state index contributed by atoms with van der Waals surface area (Å²) in [6.07, 6.45) is 0.959. The van der Waals surface area contributed by atoms with Crippen molar-refractivity contribution in [3.63, 3.8) is 0 Å². The highest BCUT2D eigenvalue weighted by atomic mass is 16.1. The highest BCUT2D eigenvalue weighted by Gasteiger charge is 2.75. The van der Waals surface area contributed by atoms with Gasteiger partial charge in [0.05, 0.1) is 5.41 Å². The number of carbonyl (C=O) groups is 1. The number of ketones is 1. The predicted molar refractivity (Wildman–Crippen MR) is 75.6 cm³/mol. The van der Waals surface area contributed by atoms with Gasteiger partial charge in [-0.1, -0.05) is 55.5 Å². The topological polar surface area (TPSA) is 17.1 Å². The molecule has 1 heteroatoms. The van der Waals surface area contributed by atoms with Crippen LogP contribution in [-0.2, 0) is 10.8 Å². The fraction of sp³-hybridized carbons (Fsp3) is 0.278. The van der Waals surface area contributed by atoms with Crippen LogP contribution in [-0.4, -0.2) is 5.78 Å². The molecule has 94 valence electrons. The lowest BCUT2D eigenvalue weighted by molar-refractivity contribution is 0.0948. The van der Waals surface area contributed by atoms with Crippen LogP contribution in [0.4, 0.5) is 0 Å². The summed E-state index contributed by atoms with van der Waals surface area (Å²) >= 11 is 0. The zero-order valence-electron chi connectivity index (χ0n) is 11.2. The number of hydrogen-bond acceptors (Lipinski definition) is 1. The average Bonchev–Trinajstić information content (AvgIpc) is 3.02. The van der Waals surface area contributed by atoms with E-state index < -0.39 is 0 Å². The Labute approximate surface area is 113 Å². The molecule has 19 heavy (non-hydrogen) atoms. The van der Waals surface area contributed by atoms with Crippen LogP contribution < -0.4 is 0 Å². The molecule has 0 amide bonds. The third kappa shape index (κ3) is 1.06. The van der Waals surface area contributed by atoms with Gasteiger partial charge in [-0.05, 0) is 30.0 Å². The first kappa shape index (κ1) is 11.0. The molecule has 0 aromatic heterocycles. The van der Waals surface area contributed by atoms with Gasteiger partial charge in [0, 0.05) is 11.0 Å². The molecule has 2 aromatic carbocycles. The maximum absolute atomic E-state index is 12.9. The van der Waals surface area contributed by atoms with E-state index in [2.05, 4.69) is 32.0 Å². The van der Waals surface area contributed by atoms with Gasteiger partial charge in [0.1, 0.15) is 0 Å². The lowest BCUT2D eigenvalue weighted by atomic mass is 9.84. The lowest BCUT2D eigenvalue weighted by Gasteiger charge is -2.17. The summed E-state index contributed by atoms with van der Waals surface area (Å²) in [4.78, 5) is 12.9. The molecule has 0 spiro atoms. The Balaban J connectivity index is 1.99. The Morgan fingerprint density at radius 2 is 1.58 bits per heavy atom. The average molecular weight is 248 g/mol. The first-order chi connectivity index (χ1) is 9.11. The largest absolute Gasteiger partial charge is 0.293 e. The maximum Gasteiger partial charge on any atom is 0.174 e. The van der Waals surface area contributed by atoms with E-state index in [0.717, 1.165) is 12.0 Å². The van der Waals surface area contributed by atoms with Gasteiger partial charge >= 0.3 is 0 Å². The molecule has 2 unspecified atom stereocenters. The number of rotatable bonds is 1. The zero-order chi connectivity index (χ0) is 13.3. The minimum absolute atomic E-state index is 0.00674. The standard InChI is InChI=1S/C18H16O/c1-12-7-3-5-9-14(12)18-11-17(18,2)15-10-6-4-8-13(15)16(18)19/h3-10H,11H2,1-2H3. The summed E-state index contributed by atoms with van der Waals surface area (Å²) in [6, 6.07) is 16.5. The van der Waals surface area contributed by atoms with Crippen molar-refractivity contribution in [1.29, 1.82) is 0 Å². The van der Waals surface area contributed by atoms with Gasteiger partial charge in [-0.15, -0.1) is 0 Å². The summed E-state index contributed by atoms with van der Waals surface area (Å²) in [7, 11) is 0. The molecule has 0 heterocycles. The molecular formula is C18H16O. The minimum Gasteiger partial charge on any atom is -0.293 e. The van der Waals surface area contributed by atoms with Gasteiger partial charge in [-0.2, -0.15) is 0 Å². The van der Waals surface area contributed by atoms with Crippen molar-refractivity contribution < 1.29 is 4.79 Å². The third-order valence-electron chi connectivity index (χ3n) is 5.19. The van der Waals surface area contributed by atoms with E-state index in [1.165, 1.54) is 16.7 Å². The Kier molecular flexibility index (Phi) is 1.83. The minimum atomic E-state index is -0.290. The van der Waals surface area contributed by atoms with E-state index in [1.54, 1.807) is 0 Å². The van der Waals surface area contributed by atoms with Crippen molar-refractivity contribution in [2.24, 2.45) is 0 Å². The molecule has 2 aliphatic rings. The monoisotopic (exact) mass is 248 g/mol. The summed E-state index contributed by atoms with van der Waals surface area (Å²) in [5, 5.41) is 0. The normalized spacial score (nSPS) is 30.9. The van der Waals surface area contributed by atoms with Crippen LogP contribution in [0.1, 0.15) is 40.4 Å². The Morgan fingerprint density at radius 1 is 0.947 bits per heavy atom. The number of hydrogen-bond donors (Lipinski definition) is 0. The molecule has 0 radical (unpaired) electrons. The number of carbonyl (C=O) groups excluding carboxylic acids is 1. The Morgan fingerprint density at radius 3 is 2.26 bits per heavy atom. The fourth-order valence-electron chi connectivity index (χ4n) is 4.10. The van der Waals surface area contributed by atoms with E-state index in [0.29, 0.717) is 5.78 Å². The van der Waals surface area contributed by atoms with E-state index >= 15 is 0 Å². The Hall–Kier alpha value is -1.89. The molecule has 0 bridgehead atoms. The number of fused-ring (bicyclic) bond motifs is 3. The van der Waals surface area contributed by atoms with Crippen molar-refractivity contribution in [2.45, 2.75) is 31.1 Å². The van der Waals surface area contributed by atoms with E-state index in [4.69, 9.17) is 0 Å². The summed E-state index contributed by atoms with van der Waals surface area (Å²) in [5.74, 6) is 0.319. The number of aryl methyl sites for hydroxylation is 1. The third-order valence-corrected chi connectivity index (χ3v) is 5.19. The molecule has 2 atom stereocenters. The zero-order valence-corrected chi connectivity index (χ0v) is 11.2. The molecule has 1 fully saturated rings. The van der Waals surface area contributed by atoms with Crippen LogP contribution in [0.2, 0.25) is 0 Å². The van der Waals surface area contributed by atoms with Gasteiger partial charge in [0.15, 0.2) is 5.78 Å². The van der Waals surface area contributed by atoms with E-state index in [9.17, 15) is 4.79 Å². The van der Waals surface area contributed by atoms with Gasteiger partial charge in [0.25, 0.3) is 0 Å². The molecule has 0 aliphatic heterocycles. The molecule has 1 nitrogen and oxygen atoms in total. The molecule has 1 saturated carbocycles. The highest BCUT2D eigenvalue weighted by molar-refractivity contribution is 6.14. The molecule has 2 aliphatic carbocycles. The van der Waals surface area contributed by atoms with Crippen LogP contribution in [0, 0.1) is 6.92 Å². The van der Waals surface area contributed by atoms with Crippen LogP contribution >= 0.6 is 0 Å². The molecular weight excluding hydrogens is 232 g/mol. The first-order valence-corrected chi connectivity index (χ1v) is 6.82. The van der Waals surface area contributed by atoms with Gasteiger partial charge in [0.2, 0.25) is 0 Å². The number of Topliss-reactive ketones (excluding diaryl/α,β-unsaturated/α-hetero) is 1. The molecule has 0 N–H and O–H groups in total. The van der Waals surface area contributed by atoms with Crippen LogP contribution in [0.5, 0.6) is 0 Å². The number of benzene rings is 2. The van der Waals surface area contributed by atoms with Crippen molar-refractivity contribution in [2.75, 3.05) is 0 Å². The van der Waals surface area contributed by atoms with Gasteiger partial charge in [-0.25, -0.2) is 0 Å². The highest BCUT2D eigenvalue weighted by Crippen LogP contribution is 2.71. The summed E-state index contributed by atoms with van der Waals surface area (Å²) < 4.78 is 0. The van der Waals surface area contributed by atoms with E-state index in [-0.39, 0.29) is 10.8 Å². The van der Waals surface area contributed by atoms with Crippen LogP contribution in [0.3, 0.4) is 0 Å². The smallest absolute Gasteiger partial charge is 0.174 e. The maximum atomic E-state index is 12.9. The van der Waals surface area contributed by atoms with Crippen molar-refractivity contribution >= 4 is 5.78 Å². The first-order valence-electron chi connectivity index (χ1n) is 6.82. The predicted octanol–water partition coefficient (Wildman–Crippen LogP) is 3.79. The van der Waals surface area contributed by atoms with Crippen molar-refractivity contribution in [1.82, 2.24) is 0 Å². The second-order valence-corrected chi connectivity index (χ2v) is 6.10. The van der Waals surface area contributed by atoms with Gasteiger partial charge in [-0.3, -0.25) is 4.79 Å². The molecule has 2 aromatic rings. The van der Waals surface area contributed by atoms with Crippen LogP contribution in [0.15, 0.2) is 48.5 Å². The summed E-state index contributed by atoms with van der Waals surface area (Å²) in [6.45, 7) is 4.35. The van der Waals surface area contributed by atoms with Crippen molar-refractivity contribution in [3.05, 3.63) is 70.8 Å². The quantitative estimate of drug-likeness (QED) is 0.750. The molecule has 0 saturated heterocycles. The second-order valence-electron chi connectivity index (χ2n) is 6.10.